The normalized spacial score (nSPS) is 17.1. The van der Waals surface area contributed by atoms with Crippen molar-refractivity contribution in [1.82, 2.24) is 4.31 Å². The standard InChI is InChI=1S/C21H23IN2O6S/c1-29-19-11-6-14(13-17(19)22)20(25)23-15-7-9-16(10-8-15)31(27,28)24-12-4-3-5-18(24)21(26)30-2/h6-11,13,18H,3-5,12H2,1-2H3,(H,23,25). The fourth-order valence-electron chi connectivity index (χ4n) is 3.42. The molecule has 1 N–H and O–H groups in total. The number of halogens is 1. The smallest absolute Gasteiger partial charge is 0.324 e. The lowest BCUT2D eigenvalue weighted by molar-refractivity contribution is -0.146. The van der Waals surface area contributed by atoms with E-state index in [2.05, 4.69) is 27.9 Å². The van der Waals surface area contributed by atoms with E-state index in [0.29, 0.717) is 29.8 Å². The Morgan fingerprint density at radius 2 is 1.81 bits per heavy atom. The van der Waals surface area contributed by atoms with E-state index in [1.807, 2.05) is 0 Å². The van der Waals surface area contributed by atoms with Gasteiger partial charge in [-0.3, -0.25) is 9.59 Å². The number of anilines is 1. The Morgan fingerprint density at radius 3 is 2.42 bits per heavy atom. The lowest BCUT2D eigenvalue weighted by Crippen LogP contribution is -2.48. The first-order chi connectivity index (χ1) is 14.8. The van der Waals surface area contributed by atoms with Gasteiger partial charge >= 0.3 is 5.97 Å². The number of nitrogens with zero attached hydrogens (tertiary/aromatic N) is 1. The predicted molar refractivity (Wildman–Crippen MR) is 124 cm³/mol. The van der Waals surface area contributed by atoms with Crippen LogP contribution in [-0.4, -0.2) is 51.4 Å². The monoisotopic (exact) mass is 558 g/mol. The Balaban J connectivity index is 1.76. The zero-order valence-electron chi connectivity index (χ0n) is 17.1. The summed E-state index contributed by atoms with van der Waals surface area (Å²) in [6.07, 6.45) is 1.88. The first kappa shape index (κ1) is 23.5. The number of ether oxygens (including phenoxy) is 2. The molecule has 0 radical (unpaired) electrons. The van der Waals surface area contributed by atoms with Gasteiger partial charge in [0.25, 0.3) is 5.91 Å². The Labute approximate surface area is 195 Å². The number of methoxy groups -OCH3 is 2. The van der Waals surface area contributed by atoms with Crippen LogP contribution in [0.25, 0.3) is 0 Å². The van der Waals surface area contributed by atoms with Gasteiger partial charge in [-0.25, -0.2) is 8.42 Å². The first-order valence-electron chi connectivity index (χ1n) is 9.62. The molecule has 1 aliphatic rings. The van der Waals surface area contributed by atoms with Crippen LogP contribution < -0.4 is 10.1 Å². The summed E-state index contributed by atoms with van der Waals surface area (Å²) in [6, 6.07) is 10.1. The third kappa shape index (κ3) is 5.18. The molecule has 0 aromatic heterocycles. The molecule has 1 aliphatic heterocycles. The molecule has 1 saturated heterocycles. The van der Waals surface area contributed by atoms with Gasteiger partial charge in [0.15, 0.2) is 0 Å². The van der Waals surface area contributed by atoms with Crippen molar-refractivity contribution in [3.63, 3.8) is 0 Å². The molecular weight excluding hydrogens is 535 g/mol. The van der Waals surface area contributed by atoms with E-state index in [0.717, 1.165) is 9.99 Å². The van der Waals surface area contributed by atoms with Crippen molar-refractivity contribution in [2.45, 2.75) is 30.2 Å². The summed E-state index contributed by atoms with van der Waals surface area (Å²) in [5.74, 6) is -0.200. The highest BCUT2D eigenvalue weighted by Crippen LogP contribution is 2.27. The summed E-state index contributed by atoms with van der Waals surface area (Å²) in [7, 11) is -1.06. The largest absolute Gasteiger partial charge is 0.496 e. The number of nitrogens with one attached hydrogen (secondary N) is 1. The summed E-state index contributed by atoms with van der Waals surface area (Å²) in [5.41, 5.74) is 0.911. The van der Waals surface area contributed by atoms with E-state index < -0.39 is 22.0 Å². The molecule has 0 aliphatic carbocycles. The molecule has 31 heavy (non-hydrogen) atoms. The Kier molecular flexibility index (Phi) is 7.55. The molecule has 166 valence electrons. The molecular formula is C21H23IN2O6S. The average Bonchev–Trinajstić information content (AvgIpc) is 2.78. The number of amides is 1. The molecule has 2 aromatic rings. The summed E-state index contributed by atoms with van der Waals surface area (Å²) in [5, 5.41) is 2.75. The number of benzene rings is 2. The van der Waals surface area contributed by atoms with Crippen LogP contribution in [-0.2, 0) is 19.6 Å². The molecule has 10 heteroatoms. The van der Waals surface area contributed by atoms with Crippen LogP contribution in [0.3, 0.4) is 0 Å². The number of sulfonamides is 1. The number of rotatable bonds is 6. The number of piperidine rings is 1. The molecule has 3 rings (SSSR count). The molecule has 1 amide bonds. The number of carbonyl (C=O) groups is 2. The molecule has 1 atom stereocenters. The molecule has 0 saturated carbocycles. The maximum absolute atomic E-state index is 13.1. The second-order valence-electron chi connectivity index (χ2n) is 6.98. The van der Waals surface area contributed by atoms with Crippen LogP contribution in [0.1, 0.15) is 29.6 Å². The van der Waals surface area contributed by atoms with Crippen LogP contribution >= 0.6 is 22.6 Å². The Morgan fingerprint density at radius 1 is 1.10 bits per heavy atom. The van der Waals surface area contributed by atoms with Crippen LogP contribution in [0.4, 0.5) is 5.69 Å². The van der Waals surface area contributed by atoms with Gasteiger partial charge in [-0.1, -0.05) is 0 Å². The number of hydrogen-bond donors (Lipinski definition) is 1. The second kappa shape index (κ2) is 9.96. The van der Waals surface area contributed by atoms with E-state index in [1.165, 1.54) is 35.7 Å². The molecule has 0 bridgehead atoms. The maximum atomic E-state index is 13.1. The Hall–Kier alpha value is -2.18. The fourth-order valence-corrected chi connectivity index (χ4v) is 5.80. The zero-order valence-corrected chi connectivity index (χ0v) is 20.1. The number of esters is 1. The highest BCUT2D eigenvalue weighted by atomic mass is 127. The second-order valence-corrected chi connectivity index (χ2v) is 10.0. The third-order valence-electron chi connectivity index (χ3n) is 5.06. The first-order valence-corrected chi connectivity index (χ1v) is 12.1. The van der Waals surface area contributed by atoms with Crippen LogP contribution in [0, 0.1) is 3.57 Å². The molecule has 8 nitrogen and oxygen atoms in total. The molecule has 2 aromatic carbocycles. The van der Waals surface area contributed by atoms with E-state index in [4.69, 9.17) is 9.47 Å². The topological polar surface area (TPSA) is 102 Å². The lowest BCUT2D eigenvalue weighted by atomic mass is 10.1. The van der Waals surface area contributed by atoms with Gasteiger partial charge in [-0.05, 0) is 84.3 Å². The van der Waals surface area contributed by atoms with Gasteiger partial charge in [-0.2, -0.15) is 4.31 Å². The van der Waals surface area contributed by atoms with Crippen molar-refractivity contribution >= 4 is 50.2 Å². The zero-order chi connectivity index (χ0) is 22.6. The fraction of sp³-hybridized carbons (Fsp3) is 0.333. The van der Waals surface area contributed by atoms with Crippen molar-refractivity contribution in [2.24, 2.45) is 0 Å². The predicted octanol–water partition coefficient (Wildman–Crippen LogP) is 3.27. The van der Waals surface area contributed by atoms with Gasteiger partial charge in [0.05, 0.1) is 22.7 Å². The van der Waals surface area contributed by atoms with Crippen molar-refractivity contribution in [2.75, 3.05) is 26.1 Å². The van der Waals surface area contributed by atoms with Crippen LogP contribution in [0.5, 0.6) is 5.75 Å². The lowest BCUT2D eigenvalue weighted by Gasteiger charge is -2.32. The number of carbonyl (C=O) groups excluding carboxylic acids is 2. The van der Waals surface area contributed by atoms with E-state index in [1.54, 1.807) is 25.3 Å². The van der Waals surface area contributed by atoms with E-state index in [9.17, 15) is 18.0 Å². The van der Waals surface area contributed by atoms with E-state index >= 15 is 0 Å². The summed E-state index contributed by atoms with van der Waals surface area (Å²) in [6.45, 7) is 0.261. The minimum absolute atomic E-state index is 0.0558. The van der Waals surface area contributed by atoms with Crippen LogP contribution in [0.15, 0.2) is 47.4 Å². The molecule has 1 heterocycles. The van der Waals surface area contributed by atoms with Gasteiger partial charge in [-0.15, -0.1) is 0 Å². The van der Waals surface area contributed by atoms with Crippen molar-refractivity contribution in [1.29, 1.82) is 0 Å². The highest BCUT2D eigenvalue weighted by molar-refractivity contribution is 14.1. The average molecular weight is 558 g/mol. The summed E-state index contributed by atoms with van der Waals surface area (Å²) < 4.78 is 38.2. The van der Waals surface area contributed by atoms with Gasteiger partial charge in [0.1, 0.15) is 11.8 Å². The van der Waals surface area contributed by atoms with E-state index in [-0.39, 0.29) is 17.3 Å². The third-order valence-corrected chi connectivity index (χ3v) is 7.83. The van der Waals surface area contributed by atoms with Gasteiger partial charge in [0.2, 0.25) is 10.0 Å². The minimum atomic E-state index is -3.87. The summed E-state index contributed by atoms with van der Waals surface area (Å²) in [4.78, 5) is 24.6. The van der Waals surface area contributed by atoms with Gasteiger partial charge in [0, 0.05) is 17.8 Å². The highest BCUT2D eigenvalue weighted by Gasteiger charge is 2.38. The molecule has 1 fully saturated rings. The van der Waals surface area contributed by atoms with Gasteiger partial charge < -0.3 is 14.8 Å². The number of hydrogen-bond acceptors (Lipinski definition) is 6. The quantitative estimate of drug-likeness (QED) is 0.432. The van der Waals surface area contributed by atoms with Crippen molar-refractivity contribution in [3.05, 3.63) is 51.6 Å². The SMILES string of the molecule is COC(=O)C1CCCCN1S(=O)(=O)c1ccc(NC(=O)c2ccc(OC)c(I)c2)cc1. The van der Waals surface area contributed by atoms with Crippen LogP contribution in [0.2, 0.25) is 0 Å². The molecule has 0 spiro atoms. The minimum Gasteiger partial charge on any atom is -0.496 e. The summed E-state index contributed by atoms with van der Waals surface area (Å²) >= 11 is 2.08. The Bertz CT molecular complexity index is 1070. The van der Waals surface area contributed by atoms with Crippen molar-refractivity contribution < 1.29 is 27.5 Å². The molecule has 1 unspecified atom stereocenters. The van der Waals surface area contributed by atoms with Crippen molar-refractivity contribution in [3.8, 4) is 5.75 Å². The maximum Gasteiger partial charge on any atom is 0.324 e.